The van der Waals surface area contributed by atoms with Crippen LogP contribution in [0.15, 0.2) is 41.4 Å². The highest BCUT2D eigenvalue weighted by atomic mass is 32.1. The SMILES string of the molecule is Fc1cc(C#Cc2ccc(OCC3CCC3)cc2)cc(F)c1N=C=S. The predicted octanol–water partition coefficient (Wildman–Crippen LogP) is 5.28. The van der Waals surface area contributed by atoms with Crippen LogP contribution in [0.1, 0.15) is 30.4 Å². The number of nitrogens with zero attached hydrogens (tertiary/aromatic N) is 1. The van der Waals surface area contributed by atoms with Gasteiger partial charge in [0.25, 0.3) is 0 Å². The molecule has 0 radical (unpaired) electrons. The minimum Gasteiger partial charge on any atom is -0.493 e. The summed E-state index contributed by atoms with van der Waals surface area (Å²) in [5.74, 6) is 5.46. The van der Waals surface area contributed by atoms with E-state index in [1.807, 2.05) is 29.4 Å². The summed E-state index contributed by atoms with van der Waals surface area (Å²) >= 11 is 4.37. The molecule has 0 amide bonds. The smallest absolute Gasteiger partial charge is 0.153 e. The lowest BCUT2D eigenvalue weighted by Crippen LogP contribution is -2.19. The van der Waals surface area contributed by atoms with E-state index in [2.05, 4.69) is 29.1 Å². The second-order valence-corrected chi connectivity index (χ2v) is 6.06. The number of halogens is 2. The fraction of sp³-hybridized carbons (Fsp3) is 0.250. The summed E-state index contributed by atoms with van der Waals surface area (Å²) in [6.07, 6.45) is 3.78. The number of hydrogen-bond acceptors (Lipinski definition) is 3. The van der Waals surface area contributed by atoms with Gasteiger partial charge in [-0.1, -0.05) is 18.3 Å². The van der Waals surface area contributed by atoms with Crippen molar-refractivity contribution >= 4 is 23.1 Å². The van der Waals surface area contributed by atoms with Crippen molar-refractivity contribution in [2.75, 3.05) is 6.61 Å². The highest BCUT2D eigenvalue weighted by Gasteiger charge is 2.17. The number of aliphatic imine (C=N–C) groups is 1. The van der Waals surface area contributed by atoms with E-state index < -0.39 is 17.3 Å². The van der Waals surface area contributed by atoms with Gasteiger partial charge >= 0.3 is 0 Å². The maximum atomic E-state index is 13.8. The van der Waals surface area contributed by atoms with Crippen LogP contribution < -0.4 is 4.74 Å². The number of hydrogen-bond donors (Lipinski definition) is 0. The van der Waals surface area contributed by atoms with Gasteiger partial charge in [0.15, 0.2) is 11.6 Å². The van der Waals surface area contributed by atoms with Crippen LogP contribution in [0.25, 0.3) is 0 Å². The van der Waals surface area contributed by atoms with Gasteiger partial charge < -0.3 is 4.74 Å². The minimum absolute atomic E-state index is 0.226. The topological polar surface area (TPSA) is 21.6 Å². The molecule has 1 aliphatic rings. The molecule has 1 saturated carbocycles. The molecule has 2 nitrogen and oxygen atoms in total. The van der Waals surface area contributed by atoms with Crippen molar-refractivity contribution < 1.29 is 13.5 Å². The highest BCUT2D eigenvalue weighted by Crippen LogP contribution is 2.27. The molecular weight excluding hydrogens is 340 g/mol. The summed E-state index contributed by atoms with van der Waals surface area (Å²) < 4.78 is 33.2. The summed E-state index contributed by atoms with van der Waals surface area (Å²) in [7, 11) is 0. The number of benzene rings is 2. The fourth-order valence-electron chi connectivity index (χ4n) is 2.44. The summed E-state index contributed by atoms with van der Waals surface area (Å²) in [5.41, 5.74) is 0.509. The lowest BCUT2D eigenvalue weighted by atomic mass is 9.86. The molecule has 0 N–H and O–H groups in total. The molecule has 0 spiro atoms. The average molecular weight is 355 g/mol. The molecular formula is C20H15F2NOS. The van der Waals surface area contributed by atoms with Crippen molar-refractivity contribution in [3.05, 3.63) is 59.2 Å². The molecule has 0 saturated heterocycles. The lowest BCUT2D eigenvalue weighted by Gasteiger charge is -2.25. The third kappa shape index (κ3) is 4.51. The van der Waals surface area contributed by atoms with Gasteiger partial charge in [0, 0.05) is 11.1 Å². The Kier molecular flexibility index (Phi) is 5.55. The van der Waals surface area contributed by atoms with Crippen LogP contribution in [0.5, 0.6) is 5.75 Å². The summed E-state index contributed by atoms with van der Waals surface area (Å²) in [4.78, 5) is 3.37. The lowest BCUT2D eigenvalue weighted by molar-refractivity contribution is 0.180. The number of rotatable bonds is 4. The molecule has 2 aromatic carbocycles. The summed E-state index contributed by atoms with van der Waals surface area (Å²) in [5, 5.41) is 1.95. The van der Waals surface area contributed by atoms with Gasteiger partial charge in [-0.15, -0.1) is 0 Å². The first kappa shape index (κ1) is 17.3. The monoisotopic (exact) mass is 355 g/mol. The van der Waals surface area contributed by atoms with Gasteiger partial charge in [-0.25, -0.2) is 8.78 Å². The highest BCUT2D eigenvalue weighted by molar-refractivity contribution is 7.78. The molecule has 5 heteroatoms. The number of ether oxygens (including phenoxy) is 1. The van der Waals surface area contributed by atoms with E-state index in [9.17, 15) is 8.78 Å². The fourth-order valence-corrected chi connectivity index (χ4v) is 2.53. The van der Waals surface area contributed by atoms with Crippen LogP contribution in [0.2, 0.25) is 0 Å². The summed E-state index contributed by atoms with van der Waals surface area (Å²) in [6.45, 7) is 0.750. The molecule has 1 fully saturated rings. The Morgan fingerprint density at radius 1 is 1.04 bits per heavy atom. The quantitative estimate of drug-likeness (QED) is 0.423. The molecule has 0 aromatic heterocycles. The average Bonchev–Trinajstić information content (AvgIpc) is 2.56. The standard InChI is InChI=1S/C20H15F2NOS/c21-18-10-16(11-19(22)20(18)23-13-25)5-4-14-6-8-17(9-7-14)24-12-15-2-1-3-15/h6-11,15H,1-3,12H2. The molecule has 0 bridgehead atoms. The van der Waals surface area contributed by atoms with E-state index in [0.717, 1.165) is 30.1 Å². The van der Waals surface area contributed by atoms with Crippen LogP contribution in [-0.4, -0.2) is 11.8 Å². The van der Waals surface area contributed by atoms with Gasteiger partial charge in [-0.2, -0.15) is 4.99 Å². The minimum atomic E-state index is -0.818. The van der Waals surface area contributed by atoms with Crippen LogP contribution in [-0.2, 0) is 0 Å². The first-order valence-corrected chi connectivity index (χ1v) is 8.38. The van der Waals surface area contributed by atoms with Gasteiger partial charge in [0.05, 0.1) is 11.8 Å². The molecule has 3 rings (SSSR count). The van der Waals surface area contributed by atoms with Crippen molar-refractivity contribution in [3.63, 3.8) is 0 Å². The second kappa shape index (κ2) is 8.02. The summed E-state index contributed by atoms with van der Waals surface area (Å²) in [6, 6.07) is 9.58. The van der Waals surface area contributed by atoms with Gasteiger partial charge in [-0.05, 0) is 67.4 Å². The van der Waals surface area contributed by atoms with Crippen LogP contribution in [0, 0.1) is 29.4 Å². The Bertz CT molecular complexity index is 850. The molecule has 1 aliphatic carbocycles. The third-order valence-electron chi connectivity index (χ3n) is 4.09. The molecule has 2 aromatic rings. The second-order valence-electron chi connectivity index (χ2n) is 5.87. The van der Waals surface area contributed by atoms with Gasteiger partial charge in [0.1, 0.15) is 11.4 Å². The zero-order chi connectivity index (χ0) is 17.6. The Hall–Kier alpha value is -2.54. The van der Waals surface area contributed by atoms with E-state index in [0.29, 0.717) is 5.92 Å². The predicted molar refractivity (Wildman–Crippen MR) is 96.3 cm³/mol. The Morgan fingerprint density at radius 2 is 1.68 bits per heavy atom. The molecule has 126 valence electrons. The first-order valence-electron chi connectivity index (χ1n) is 7.97. The van der Waals surface area contributed by atoms with Crippen molar-refractivity contribution in [2.45, 2.75) is 19.3 Å². The maximum Gasteiger partial charge on any atom is 0.153 e. The normalized spacial score (nSPS) is 13.2. The molecule has 0 unspecified atom stereocenters. The van der Waals surface area contributed by atoms with Gasteiger partial charge in [0.2, 0.25) is 0 Å². The van der Waals surface area contributed by atoms with E-state index in [1.54, 1.807) is 0 Å². The van der Waals surface area contributed by atoms with E-state index in [4.69, 9.17) is 4.74 Å². The Balaban J connectivity index is 1.69. The van der Waals surface area contributed by atoms with Crippen LogP contribution in [0.3, 0.4) is 0 Å². The van der Waals surface area contributed by atoms with E-state index in [-0.39, 0.29) is 5.56 Å². The van der Waals surface area contributed by atoms with Gasteiger partial charge in [-0.3, -0.25) is 0 Å². The molecule has 0 aliphatic heterocycles. The third-order valence-corrected chi connectivity index (χ3v) is 4.18. The zero-order valence-electron chi connectivity index (χ0n) is 13.4. The van der Waals surface area contributed by atoms with Crippen molar-refractivity contribution in [1.29, 1.82) is 0 Å². The number of isothiocyanates is 1. The first-order chi connectivity index (χ1) is 12.2. The number of thiocarbonyl (C=S) groups is 1. The van der Waals surface area contributed by atoms with Crippen molar-refractivity contribution in [3.8, 4) is 17.6 Å². The van der Waals surface area contributed by atoms with E-state index >= 15 is 0 Å². The zero-order valence-corrected chi connectivity index (χ0v) is 14.2. The molecule has 25 heavy (non-hydrogen) atoms. The van der Waals surface area contributed by atoms with Crippen molar-refractivity contribution in [1.82, 2.24) is 0 Å². The maximum absolute atomic E-state index is 13.8. The van der Waals surface area contributed by atoms with Crippen molar-refractivity contribution in [2.24, 2.45) is 10.9 Å². The van der Waals surface area contributed by atoms with Crippen LogP contribution in [0.4, 0.5) is 14.5 Å². The van der Waals surface area contributed by atoms with Crippen LogP contribution >= 0.6 is 12.2 Å². The Morgan fingerprint density at radius 3 is 2.24 bits per heavy atom. The largest absolute Gasteiger partial charge is 0.493 e. The Labute approximate surface area is 150 Å². The molecule has 0 heterocycles. The molecule has 0 atom stereocenters. The van der Waals surface area contributed by atoms with E-state index in [1.165, 1.54) is 19.3 Å².